The van der Waals surface area contributed by atoms with Gasteiger partial charge in [-0.05, 0) is 22.9 Å². The van der Waals surface area contributed by atoms with Crippen molar-refractivity contribution >= 4 is 28.2 Å². The molecular formula is C18H11N3S. The number of thioether (sulfide) groups is 1. The summed E-state index contributed by atoms with van der Waals surface area (Å²) in [5.74, 6) is 0. The molecule has 0 radical (unpaired) electrons. The summed E-state index contributed by atoms with van der Waals surface area (Å²) in [6.45, 7) is 0. The molecule has 4 aromatic rings. The molecule has 4 rings (SSSR count). The predicted molar refractivity (Wildman–Crippen MR) is 89.6 cm³/mol. The predicted octanol–water partition coefficient (Wildman–Crippen LogP) is 4.73. The third-order valence-electron chi connectivity index (χ3n) is 3.67. The summed E-state index contributed by atoms with van der Waals surface area (Å²) in [4.78, 5) is 4.74. The molecule has 0 spiro atoms. The Morgan fingerprint density at radius 2 is 1.77 bits per heavy atom. The highest BCUT2D eigenvalue weighted by molar-refractivity contribution is 8.03. The van der Waals surface area contributed by atoms with Crippen LogP contribution in [0.2, 0.25) is 0 Å². The van der Waals surface area contributed by atoms with E-state index in [4.69, 9.17) is 10.2 Å². The molecule has 0 amide bonds. The SMILES string of the molecule is N#CSc1c(-c2cccc3ccccc23)nc2ccccn12. The molecule has 2 heterocycles. The van der Waals surface area contributed by atoms with E-state index in [2.05, 4.69) is 29.7 Å². The van der Waals surface area contributed by atoms with Gasteiger partial charge in [0.15, 0.2) is 0 Å². The van der Waals surface area contributed by atoms with Crippen molar-refractivity contribution < 1.29 is 0 Å². The van der Waals surface area contributed by atoms with Gasteiger partial charge in [0.25, 0.3) is 0 Å². The number of hydrogen-bond acceptors (Lipinski definition) is 3. The van der Waals surface area contributed by atoms with E-state index in [0.29, 0.717) is 0 Å². The lowest BCUT2D eigenvalue weighted by molar-refractivity contribution is 1.06. The summed E-state index contributed by atoms with van der Waals surface area (Å²) in [6, 6.07) is 20.3. The van der Waals surface area contributed by atoms with Gasteiger partial charge in [-0.1, -0.05) is 48.5 Å². The smallest absolute Gasteiger partial charge is 0.140 e. The molecule has 4 heteroatoms. The molecule has 0 aliphatic heterocycles. The molecule has 22 heavy (non-hydrogen) atoms. The molecule has 0 aliphatic carbocycles. The molecule has 0 saturated carbocycles. The van der Waals surface area contributed by atoms with Gasteiger partial charge in [0.2, 0.25) is 0 Å². The summed E-state index contributed by atoms with van der Waals surface area (Å²) < 4.78 is 1.96. The number of rotatable bonds is 2. The van der Waals surface area contributed by atoms with Gasteiger partial charge in [-0.15, -0.1) is 0 Å². The van der Waals surface area contributed by atoms with E-state index < -0.39 is 0 Å². The normalized spacial score (nSPS) is 10.9. The van der Waals surface area contributed by atoms with Crippen LogP contribution >= 0.6 is 11.8 Å². The molecule has 0 saturated heterocycles. The van der Waals surface area contributed by atoms with E-state index in [0.717, 1.165) is 39.1 Å². The number of aromatic nitrogens is 2. The zero-order valence-electron chi connectivity index (χ0n) is 11.6. The number of imidazole rings is 1. The summed E-state index contributed by atoms with van der Waals surface area (Å²) >= 11 is 1.15. The van der Waals surface area contributed by atoms with E-state index in [9.17, 15) is 0 Å². The average Bonchev–Trinajstić information content (AvgIpc) is 2.93. The van der Waals surface area contributed by atoms with Crippen LogP contribution in [0.25, 0.3) is 27.7 Å². The minimum Gasteiger partial charge on any atom is -0.293 e. The van der Waals surface area contributed by atoms with Crippen molar-refractivity contribution in [1.82, 2.24) is 9.38 Å². The Morgan fingerprint density at radius 1 is 0.955 bits per heavy atom. The summed E-state index contributed by atoms with van der Waals surface area (Å²) in [5, 5.41) is 14.5. The van der Waals surface area contributed by atoms with E-state index in [1.807, 2.05) is 47.0 Å². The molecule has 3 nitrogen and oxygen atoms in total. The molecule has 0 atom stereocenters. The molecule has 2 aromatic heterocycles. The van der Waals surface area contributed by atoms with Crippen molar-refractivity contribution in [3.63, 3.8) is 0 Å². The van der Waals surface area contributed by atoms with Crippen LogP contribution in [0.1, 0.15) is 0 Å². The minimum atomic E-state index is 0.850. The topological polar surface area (TPSA) is 41.1 Å². The highest BCUT2D eigenvalue weighted by Gasteiger charge is 2.16. The number of nitriles is 1. The van der Waals surface area contributed by atoms with Crippen molar-refractivity contribution in [2.75, 3.05) is 0 Å². The number of thiocyanates is 1. The van der Waals surface area contributed by atoms with E-state index in [-0.39, 0.29) is 0 Å². The third kappa shape index (κ3) is 1.95. The first-order valence-corrected chi connectivity index (χ1v) is 7.71. The largest absolute Gasteiger partial charge is 0.293 e. The summed E-state index contributed by atoms with van der Waals surface area (Å²) in [7, 11) is 0. The lowest BCUT2D eigenvalue weighted by Gasteiger charge is -2.05. The standard InChI is InChI=1S/C18H11N3S/c19-12-22-18-17(20-16-10-3-4-11-21(16)18)15-9-5-7-13-6-1-2-8-14(13)15/h1-11H. The first kappa shape index (κ1) is 12.9. The van der Waals surface area contributed by atoms with Crippen LogP contribution in [0.15, 0.2) is 71.9 Å². The van der Waals surface area contributed by atoms with E-state index >= 15 is 0 Å². The maximum absolute atomic E-state index is 9.15. The van der Waals surface area contributed by atoms with Crippen molar-refractivity contribution in [3.8, 4) is 16.7 Å². The van der Waals surface area contributed by atoms with Crippen LogP contribution in [0, 0.1) is 10.7 Å². The number of hydrogen-bond donors (Lipinski definition) is 0. The average molecular weight is 301 g/mol. The van der Waals surface area contributed by atoms with Gasteiger partial charge in [0.1, 0.15) is 21.8 Å². The van der Waals surface area contributed by atoms with Gasteiger partial charge >= 0.3 is 0 Å². The van der Waals surface area contributed by atoms with Crippen molar-refractivity contribution in [3.05, 3.63) is 66.9 Å². The van der Waals surface area contributed by atoms with Crippen molar-refractivity contribution in [2.24, 2.45) is 0 Å². The Hall–Kier alpha value is -2.77. The Labute approximate surface area is 131 Å². The zero-order chi connectivity index (χ0) is 14.9. The van der Waals surface area contributed by atoms with Crippen LogP contribution in [-0.2, 0) is 0 Å². The van der Waals surface area contributed by atoms with Gasteiger partial charge in [0.05, 0.1) is 0 Å². The second-order valence-electron chi connectivity index (χ2n) is 4.91. The fraction of sp³-hybridized carbons (Fsp3) is 0. The Morgan fingerprint density at radius 3 is 2.68 bits per heavy atom. The molecule has 0 N–H and O–H groups in total. The second kappa shape index (κ2) is 5.21. The van der Waals surface area contributed by atoms with Crippen LogP contribution in [-0.4, -0.2) is 9.38 Å². The molecule has 0 aliphatic rings. The monoisotopic (exact) mass is 301 g/mol. The van der Waals surface area contributed by atoms with E-state index in [1.54, 1.807) is 0 Å². The number of nitrogens with zero attached hydrogens (tertiary/aromatic N) is 3. The molecule has 0 unspecified atom stereocenters. The molecular weight excluding hydrogens is 290 g/mol. The summed E-state index contributed by atoms with van der Waals surface area (Å²) in [5.41, 5.74) is 2.76. The maximum Gasteiger partial charge on any atom is 0.140 e. The van der Waals surface area contributed by atoms with Gasteiger partial charge < -0.3 is 0 Å². The Kier molecular flexibility index (Phi) is 3.06. The number of pyridine rings is 1. The van der Waals surface area contributed by atoms with Gasteiger partial charge in [-0.25, -0.2) is 4.98 Å². The van der Waals surface area contributed by atoms with Crippen LogP contribution in [0.5, 0.6) is 0 Å². The summed E-state index contributed by atoms with van der Waals surface area (Å²) in [6.07, 6.45) is 1.94. The molecule has 104 valence electrons. The van der Waals surface area contributed by atoms with Gasteiger partial charge in [-0.2, -0.15) is 5.26 Å². The number of fused-ring (bicyclic) bond motifs is 2. The first-order valence-electron chi connectivity index (χ1n) is 6.89. The first-order chi connectivity index (χ1) is 10.9. The maximum atomic E-state index is 9.15. The van der Waals surface area contributed by atoms with Crippen LogP contribution in [0.3, 0.4) is 0 Å². The fourth-order valence-electron chi connectivity index (χ4n) is 2.72. The van der Waals surface area contributed by atoms with Crippen LogP contribution < -0.4 is 0 Å². The lowest BCUT2D eigenvalue weighted by Crippen LogP contribution is -1.86. The van der Waals surface area contributed by atoms with E-state index in [1.165, 1.54) is 5.39 Å². The minimum absolute atomic E-state index is 0.850. The Bertz CT molecular complexity index is 1020. The second-order valence-corrected chi connectivity index (χ2v) is 5.69. The molecule has 2 aromatic carbocycles. The van der Waals surface area contributed by atoms with Crippen LogP contribution in [0.4, 0.5) is 0 Å². The molecule has 0 fully saturated rings. The van der Waals surface area contributed by atoms with Crippen molar-refractivity contribution in [1.29, 1.82) is 5.26 Å². The highest BCUT2D eigenvalue weighted by atomic mass is 32.2. The van der Waals surface area contributed by atoms with Crippen molar-refractivity contribution in [2.45, 2.75) is 5.03 Å². The van der Waals surface area contributed by atoms with Gasteiger partial charge in [0, 0.05) is 23.5 Å². The molecule has 0 bridgehead atoms. The quantitative estimate of drug-likeness (QED) is 0.397. The van der Waals surface area contributed by atoms with Gasteiger partial charge in [-0.3, -0.25) is 4.40 Å². The lowest BCUT2D eigenvalue weighted by atomic mass is 10.0. The zero-order valence-corrected chi connectivity index (χ0v) is 12.4. The Balaban J connectivity index is 2.08. The highest BCUT2D eigenvalue weighted by Crippen LogP contribution is 2.35. The number of benzene rings is 2. The fourth-order valence-corrected chi connectivity index (χ4v) is 3.31. The third-order valence-corrected chi connectivity index (χ3v) is 4.35.